The Morgan fingerprint density at radius 3 is 2.96 bits per heavy atom. The van der Waals surface area contributed by atoms with Crippen LogP contribution in [0, 0.1) is 0 Å². The lowest BCUT2D eigenvalue weighted by molar-refractivity contribution is 0.239. The van der Waals surface area contributed by atoms with E-state index in [4.69, 9.17) is 4.74 Å². The van der Waals surface area contributed by atoms with Crippen LogP contribution in [0.15, 0.2) is 24.3 Å². The highest BCUT2D eigenvalue weighted by atomic mass is 16.5. The second-order valence-electron chi connectivity index (χ2n) is 5.88. The van der Waals surface area contributed by atoms with Gasteiger partial charge >= 0.3 is 6.03 Å². The van der Waals surface area contributed by atoms with Crippen LogP contribution in [0.5, 0.6) is 5.75 Å². The highest BCUT2D eigenvalue weighted by Crippen LogP contribution is 2.14. The predicted molar refractivity (Wildman–Crippen MR) is 89.6 cm³/mol. The third-order valence-corrected chi connectivity index (χ3v) is 4.18. The number of aryl methyl sites for hydroxylation is 1. The number of carbonyl (C=O) groups excluding carboxylic acids is 1. The fraction of sp³-hybridized carbons (Fsp3) is 0.471. The van der Waals surface area contributed by atoms with E-state index >= 15 is 0 Å². The Kier molecular flexibility index (Phi) is 5.30. The molecule has 2 aromatic rings. The van der Waals surface area contributed by atoms with E-state index < -0.39 is 0 Å². The Bertz CT molecular complexity index is 698. The number of amides is 2. The summed E-state index contributed by atoms with van der Waals surface area (Å²) in [6, 6.07) is 7.41. The standard InChI is InChI=1S/C17H23N5O2/c1-24-14-7-5-6-13(10-14)11-18-17(23)19-12-16-21-20-15-8-3-2-4-9-22(15)16/h5-7,10H,2-4,8-9,11-12H2,1H3,(H2,18,19,23). The van der Waals surface area contributed by atoms with Gasteiger partial charge in [0.2, 0.25) is 0 Å². The Balaban J connectivity index is 1.50. The van der Waals surface area contributed by atoms with E-state index in [1.54, 1.807) is 7.11 Å². The SMILES string of the molecule is COc1cccc(CNC(=O)NCc2nnc3n2CCCCC3)c1. The Morgan fingerprint density at radius 1 is 1.21 bits per heavy atom. The summed E-state index contributed by atoms with van der Waals surface area (Å²) >= 11 is 0. The van der Waals surface area contributed by atoms with Gasteiger partial charge in [0.05, 0.1) is 13.7 Å². The summed E-state index contributed by atoms with van der Waals surface area (Å²) < 4.78 is 7.31. The predicted octanol–water partition coefficient (Wildman–Crippen LogP) is 2.01. The summed E-state index contributed by atoms with van der Waals surface area (Å²) in [6.07, 6.45) is 4.49. The van der Waals surface area contributed by atoms with Crippen LogP contribution in [0.2, 0.25) is 0 Å². The summed E-state index contributed by atoms with van der Waals surface area (Å²) in [7, 11) is 1.63. The highest BCUT2D eigenvalue weighted by Gasteiger charge is 2.14. The van der Waals surface area contributed by atoms with Crippen molar-refractivity contribution in [3.63, 3.8) is 0 Å². The molecule has 2 N–H and O–H groups in total. The molecular weight excluding hydrogens is 306 g/mol. The number of nitrogens with one attached hydrogen (secondary N) is 2. The quantitative estimate of drug-likeness (QED) is 0.879. The van der Waals surface area contributed by atoms with Gasteiger partial charge in [0.15, 0.2) is 5.82 Å². The Hall–Kier alpha value is -2.57. The number of urea groups is 1. The molecule has 24 heavy (non-hydrogen) atoms. The molecule has 7 nitrogen and oxygen atoms in total. The van der Waals surface area contributed by atoms with Gasteiger partial charge in [-0.25, -0.2) is 4.79 Å². The Labute approximate surface area is 141 Å². The number of carbonyl (C=O) groups is 1. The summed E-state index contributed by atoms with van der Waals surface area (Å²) in [5, 5.41) is 14.1. The zero-order valence-corrected chi connectivity index (χ0v) is 13.9. The molecule has 0 fully saturated rings. The van der Waals surface area contributed by atoms with Gasteiger partial charge in [-0.15, -0.1) is 10.2 Å². The van der Waals surface area contributed by atoms with Crippen LogP contribution in [-0.2, 0) is 26.1 Å². The summed E-state index contributed by atoms with van der Waals surface area (Å²) in [5.41, 5.74) is 0.987. The maximum atomic E-state index is 12.0. The maximum Gasteiger partial charge on any atom is 0.315 e. The van der Waals surface area contributed by atoms with Crippen molar-refractivity contribution < 1.29 is 9.53 Å². The maximum absolute atomic E-state index is 12.0. The van der Waals surface area contributed by atoms with Gasteiger partial charge in [0.1, 0.15) is 11.6 Å². The molecule has 7 heteroatoms. The average molecular weight is 329 g/mol. The van der Waals surface area contributed by atoms with Crippen molar-refractivity contribution in [1.82, 2.24) is 25.4 Å². The number of aromatic nitrogens is 3. The number of ether oxygens (including phenoxy) is 1. The molecule has 0 unspecified atom stereocenters. The van der Waals surface area contributed by atoms with E-state index in [2.05, 4.69) is 25.4 Å². The van der Waals surface area contributed by atoms with Gasteiger partial charge in [-0.3, -0.25) is 0 Å². The molecule has 1 aliphatic heterocycles. The van der Waals surface area contributed by atoms with Crippen LogP contribution >= 0.6 is 0 Å². The molecule has 2 amide bonds. The van der Waals surface area contributed by atoms with E-state index in [1.165, 1.54) is 6.42 Å². The number of fused-ring (bicyclic) bond motifs is 1. The van der Waals surface area contributed by atoms with E-state index in [-0.39, 0.29) is 6.03 Å². The number of benzene rings is 1. The average Bonchev–Trinajstić information content (AvgIpc) is 2.84. The lowest BCUT2D eigenvalue weighted by Crippen LogP contribution is -2.35. The van der Waals surface area contributed by atoms with Crippen LogP contribution in [0.3, 0.4) is 0 Å². The highest BCUT2D eigenvalue weighted by molar-refractivity contribution is 5.73. The summed E-state index contributed by atoms with van der Waals surface area (Å²) in [4.78, 5) is 12.0. The van der Waals surface area contributed by atoms with E-state index in [9.17, 15) is 4.79 Å². The first kappa shape index (κ1) is 16.3. The molecule has 0 radical (unpaired) electrons. The molecule has 0 atom stereocenters. The molecule has 3 rings (SSSR count). The number of nitrogens with zero attached hydrogens (tertiary/aromatic N) is 3. The molecule has 128 valence electrons. The van der Waals surface area contributed by atoms with Crippen LogP contribution in [0.1, 0.15) is 36.5 Å². The minimum absolute atomic E-state index is 0.219. The topological polar surface area (TPSA) is 81.1 Å². The molecule has 0 saturated heterocycles. The zero-order chi connectivity index (χ0) is 16.8. The van der Waals surface area contributed by atoms with Gasteiger partial charge < -0.3 is 19.9 Å². The van der Waals surface area contributed by atoms with Crippen molar-refractivity contribution in [2.75, 3.05) is 7.11 Å². The van der Waals surface area contributed by atoms with E-state index in [0.29, 0.717) is 13.1 Å². The summed E-state index contributed by atoms with van der Waals surface area (Å²) in [6.45, 7) is 1.77. The smallest absolute Gasteiger partial charge is 0.315 e. The van der Waals surface area contributed by atoms with Crippen LogP contribution in [0.4, 0.5) is 4.79 Å². The molecule has 1 aliphatic rings. The van der Waals surface area contributed by atoms with Crippen molar-refractivity contribution in [1.29, 1.82) is 0 Å². The first-order valence-corrected chi connectivity index (χ1v) is 8.32. The van der Waals surface area contributed by atoms with Gasteiger partial charge in [-0.2, -0.15) is 0 Å². The van der Waals surface area contributed by atoms with Crippen molar-refractivity contribution in [2.24, 2.45) is 0 Å². The Morgan fingerprint density at radius 2 is 2.08 bits per heavy atom. The zero-order valence-electron chi connectivity index (χ0n) is 13.9. The number of hydrogen-bond donors (Lipinski definition) is 2. The third kappa shape index (κ3) is 4.04. The monoisotopic (exact) mass is 329 g/mol. The molecule has 0 bridgehead atoms. The van der Waals surface area contributed by atoms with E-state index in [1.807, 2.05) is 24.3 Å². The molecular formula is C17H23N5O2. The first-order chi connectivity index (χ1) is 11.8. The fourth-order valence-electron chi connectivity index (χ4n) is 2.86. The molecule has 0 spiro atoms. The van der Waals surface area contributed by atoms with Crippen LogP contribution < -0.4 is 15.4 Å². The molecule has 1 aromatic carbocycles. The minimum Gasteiger partial charge on any atom is -0.497 e. The van der Waals surface area contributed by atoms with Crippen LogP contribution in [0.25, 0.3) is 0 Å². The molecule has 1 aromatic heterocycles. The number of methoxy groups -OCH3 is 1. The normalized spacial score (nSPS) is 13.7. The van der Waals surface area contributed by atoms with Gasteiger partial charge in [-0.1, -0.05) is 18.6 Å². The first-order valence-electron chi connectivity index (χ1n) is 8.32. The number of hydrogen-bond acceptors (Lipinski definition) is 4. The lowest BCUT2D eigenvalue weighted by atomic mass is 10.2. The van der Waals surface area contributed by atoms with Crippen molar-refractivity contribution >= 4 is 6.03 Å². The van der Waals surface area contributed by atoms with Gasteiger partial charge in [-0.05, 0) is 30.5 Å². The van der Waals surface area contributed by atoms with Gasteiger partial charge in [0.25, 0.3) is 0 Å². The fourth-order valence-corrected chi connectivity index (χ4v) is 2.86. The second-order valence-corrected chi connectivity index (χ2v) is 5.88. The molecule has 2 heterocycles. The van der Waals surface area contributed by atoms with Crippen molar-refractivity contribution in [2.45, 2.75) is 45.3 Å². The molecule has 0 aliphatic carbocycles. The lowest BCUT2D eigenvalue weighted by Gasteiger charge is -2.10. The minimum atomic E-state index is -0.219. The largest absolute Gasteiger partial charge is 0.497 e. The van der Waals surface area contributed by atoms with Crippen molar-refractivity contribution in [3.05, 3.63) is 41.5 Å². The van der Waals surface area contributed by atoms with Gasteiger partial charge in [0, 0.05) is 19.5 Å². The van der Waals surface area contributed by atoms with E-state index in [0.717, 1.165) is 48.8 Å². The van der Waals surface area contributed by atoms with Crippen LogP contribution in [-0.4, -0.2) is 27.9 Å². The third-order valence-electron chi connectivity index (χ3n) is 4.18. The van der Waals surface area contributed by atoms with Crippen molar-refractivity contribution in [3.8, 4) is 5.75 Å². The number of rotatable bonds is 5. The molecule has 0 saturated carbocycles. The summed E-state index contributed by atoms with van der Waals surface area (Å²) in [5.74, 6) is 2.63. The second kappa shape index (κ2) is 7.81.